The second-order valence-electron chi connectivity index (χ2n) is 4.87. The molecule has 0 spiro atoms. The molecule has 0 unspecified atom stereocenters. The van der Waals surface area contributed by atoms with Crippen LogP contribution in [0.2, 0.25) is 15.1 Å². The minimum atomic E-state index is 0.509. The van der Waals surface area contributed by atoms with Gasteiger partial charge in [0.2, 0.25) is 0 Å². The van der Waals surface area contributed by atoms with Gasteiger partial charge in [-0.1, -0.05) is 50.7 Å². The Labute approximate surface area is 157 Å². The van der Waals surface area contributed by atoms with Gasteiger partial charge in [-0.2, -0.15) is 0 Å². The van der Waals surface area contributed by atoms with Crippen LogP contribution in [-0.4, -0.2) is 0 Å². The predicted octanol–water partition coefficient (Wildman–Crippen LogP) is 7.28. The molecule has 118 valence electrons. The first-order chi connectivity index (χ1) is 11.0. The Kier molecular flexibility index (Phi) is 5.22. The molecule has 1 heterocycles. The van der Waals surface area contributed by atoms with Crippen molar-refractivity contribution in [3.05, 3.63) is 73.8 Å². The molecule has 0 radical (unpaired) electrons. The molecule has 6 heteroatoms. The topological polar surface area (TPSA) is 25.2 Å². The van der Waals surface area contributed by atoms with Crippen molar-refractivity contribution < 1.29 is 4.42 Å². The largest absolute Gasteiger partial charge is 0.459 e. The molecule has 0 aliphatic carbocycles. The maximum Gasteiger partial charge on any atom is 0.135 e. The van der Waals surface area contributed by atoms with Crippen LogP contribution in [-0.2, 0) is 6.54 Å². The third kappa shape index (κ3) is 4.04. The summed E-state index contributed by atoms with van der Waals surface area (Å²) >= 11 is 21.7. The highest BCUT2D eigenvalue weighted by molar-refractivity contribution is 9.10. The summed E-state index contributed by atoms with van der Waals surface area (Å²) in [4.78, 5) is 0. The van der Waals surface area contributed by atoms with E-state index in [9.17, 15) is 0 Å². The van der Waals surface area contributed by atoms with Crippen LogP contribution in [0, 0.1) is 0 Å². The minimum Gasteiger partial charge on any atom is -0.459 e. The second-order valence-corrected chi connectivity index (χ2v) is 7.03. The van der Waals surface area contributed by atoms with Gasteiger partial charge >= 0.3 is 0 Å². The molecule has 0 saturated carbocycles. The number of furan rings is 1. The lowest BCUT2D eigenvalue weighted by Gasteiger charge is -2.07. The molecule has 1 aromatic heterocycles. The highest BCUT2D eigenvalue weighted by Crippen LogP contribution is 2.32. The highest BCUT2D eigenvalue weighted by Gasteiger charge is 2.09. The molecular weight excluding hydrogens is 420 g/mol. The van der Waals surface area contributed by atoms with Crippen LogP contribution < -0.4 is 5.32 Å². The van der Waals surface area contributed by atoms with Crippen molar-refractivity contribution in [1.29, 1.82) is 0 Å². The van der Waals surface area contributed by atoms with Gasteiger partial charge in [0, 0.05) is 15.1 Å². The molecule has 0 fully saturated rings. The summed E-state index contributed by atoms with van der Waals surface area (Å²) < 4.78 is 6.77. The number of halogens is 4. The Morgan fingerprint density at radius 2 is 1.74 bits per heavy atom. The molecule has 23 heavy (non-hydrogen) atoms. The van der Waals surface area contributed by atoms with Crippen molar-refractivity contribution in [2.45, 2.75) is 6.54 Å². The van der Waals surface area contributed by atoms with Crippen LogP contribution >= 0.6 is 50.7 Å². The molecule has 2 aromatic carbocycles. The molecular formula is C17H11BrCl3NO. The number of rotatable bonds is 4. The maximum absolute atomic E-state index is 6.25. The first-order valence-electron chi connectivity index (χ1n) is 6.76. The lowest BCUT2D eigenvalue weighted by molar-refractivity contribution is 0.531. The van der Waals surface area contributed by atoms with Gasteiger partial charge in [-0.25, -0.2) is 0 Å². The van der Waals surface area contributed by atoms with E-state index >= 15 is 0 Å². The smallest absolute Gasteiger partial charge is 0.135 e. The number of hydrogen-bond acceptors (Lipinski definition) is 2. The van der Waals surface area contributed by atoms with Crippen molar-refractivity contribution in [2.24, 2.45) is 0 Å². The van der Waals surface area contributed by atoms with Gasteiger partial charge in [-0.05, 0) is 48.5 Å². The molecule has 3 aromatic rings. The van der Waals surface area contributed by atoms with Crippen molar-refractivity contribution >= 4 is 56.4 Å². The Bertz CT molecular complexity index is 848. The van der Waals surface area contributed by atoms with Gasteiger partial charge in [0.05, 0.1) is 22.3 Å². The second kappa shape index (κ2) is 7.18. The third-order valence-electron chi connectivity index (χ3n) is 3.24. The van der Waals surface area contributed by atoms with Gasteiger partial charge in [0.25, 0.3) is 0 Å². The zero-order valence-corrected chi connectivity index (χ0v) is 15.6. The van der Waals surface area contributed by atoms with Gasteiger partial charge in [-0.3, -0.25) is 0 Å². The molecule has 0 amide bonds. The summed E-state index contributed by atoms with van der Waals surface area (Å²) in [6.07, 6.45) is 0. The monoisotopic (exact) mass is 429 g/mol. The molecule has 0 aliphatic heterocycles. The molecule has 0 saturated heterocycles. The van der Waals surface area contributed by atoms with E-state index in [1.54, 1.807) is 12.1 Å². The summed E-state index contributed by atoms with van der Waals surface area (Å²) in [7, 11) is 0. The molecule has 0 aliphatic rings. The van der Waals surface area contributed by atoms with Crippen LogP contribution in [0.1, 0.15) is 5.76 Å². The average molecular weight is 432 g/mol. The predicted molar refractivity (Wildman–Crippen MR) is 101 cm³/mol. The van der Waals surface area contributed by atoms with Crippen LogP contribution in [0.4, 0.5) is 5.69 Å². The zero-order chi connectivity index (χ0) is 16.4. The summed E-state index contributed by atoms with van der Waals surface area (Å²) in [6, 6.07) is 14.8. The quantitative estimate of drug-likeness (QED) is 0.469. The van der Waals surface area contributed by atoms with Crippen LogP contribution in [0.15, 0.2) is 57.4 Å². The summed E-state index contributed by atoms with van der Waals surface area (Å²) in [5, 5.41) is 5.03. The van der Waals surface area contributed by atoms with Crippen molar-refractivity contribution in [3.8, 4) is 11.3 Å². The molecule has 2 nitrogen and oxygen atoms in total. The molecule has 0 bridgehead atoms. The van der Waals surface area contributed by atoms with E-state index in [4.69, 9.17) is 39.2 Å². The number of hydrogen-bond donors (Lipinski definition) is 1. The van der Waals surface area contributed by atoms with Crippen LogP contribution in [0.5, 0.6) is 0 Å². The Morgan fingerprint density at radius 1 is 0.913 bits per heavy atom. The zero-order valence-electron chi connectivity index (χ0n) is 11.7. The summed E-state index contributed by atoms with van der Waals surface area (Å²) in [6.45, 7) is 0.509. The lowest BCUT2D eigenvalue weighted by atomic mass is 10.2. The fraction of sp³-hybridized carbons (Fsp3) is 0.0588. The molecule has 3 rings (SSSR count). The minimum absolute atomic E-state index is 0.509. The number of anilines is 1. The Hall–Kier alpha value is -1.13. The van der Waals surface area contributed by atoms with Gasteiger partial charge < -0.3 is 9.73 Å². The Balaban J connectivity index is 1.74. The van der Waals surface area contributed by atoms with Crippen molar-refractivity contribution in [1.82, 2.24) is 0 Å². The average Bonchev–Trinajstić information content (AvgIpc) is 2.95. The van der Waals surface area contributed by atoms with E-state index in [-0.39, 0.29) is 0 Å². The fourth-order valence-corrected chi connectivity index (χ4v) is 3.36. The van der Waals surface area contributed by atoms with Gasteiger partial charge in [-0.15, -0.1) is 0 Å². The van der Waals surface area contributed by atoms with E-state index < -0.39 is 0 Å². The van der Waals surface area contributed by atoms with Crippen molar-refractivity contribution in [2.75, 3.05) is 5.32 Å². The summed E-state index contributed by atoms with van der Waals surface area (Å²) in [5.41, 5.74) is 1.65. The van der Waals surface area contributed by atoms with E-state index in [0.29, 0.717) is 21.6 Å². The van der Waals surface area contributed by atoms with E-state index in [1.165, 1.54) is 0 Å². The van der Waals surface area contributed by atoms with Gasteiger partial charge in [0.1, 0.15) is 11.5 Å². The SMILES string of the molecule is Clc1ccc(NCc2ccc(-c3ccc(Br)cc3Cl)o2)c(Cl)c1. The van der Waals surface area contributed by atoms with Crippen LogP contribution in [0.25, 0.3) is 11.3 Å². The first-order valence-corrected chi connectivity index (χ1v) is 8.68. The standard InChI is InChI=1S/C17H11BrCl3NO/c18-10-1-4-13(14(20)7-10)17-6-3-12(23-17)9-22-16-5-2-11(19)8-15(16)21/h1-8,22H,9H2. The van der Waals surface area contributed by atoms with E-state index in [2.05, 4.69) is 21.2 Å². The van der Waals surface area contributed by atoms with Gasteiger partial charge in [0.15, 0.2) is 0 Å². The third-order valence-corrected chi connectivity index (χ3v) is 4.60. The first kappa shape index (κ1) is 16.7. The molecule has 0 atom stereocenters. The Morgan fingerprint density at radius 3 is 2.48 bits per heavy atom. The normalized spacial score (nSPS) is 10.8. The van der Waals surface area contributed by atoms with Crippen LogP contribution in [0.3, 0.4) is 0 Å². The lowest BCUT2D eigenvalue weighted by Crippen LogP contribution is -1.98. The van der Waals surface area contributed by atoms with Crippen molar-refractivity contribution in [3.63, 3.8) is 0 Å². The molecule has 1 N–H and O–H groups in total. The maximum atomic E-state index is 6.25. The fourth-order valence-electron chi connectivity index (χ4n) is 2.12. The summed E-state index contributed by atoms with van der Waals surface area (Å²) in [5.74, 6) is 1.51. The highest BCUT2D eigenvalue weighted by atomic mass is 79.9. The number of benzene rings is 2. The number of nitrogens with one attached hydrogen (secondary N) is 1. The van der Waals surface area contributed by atoms with E-state index in [1.807, 2.05) is 36.4 Å². The van der Waals surface area contributed by atoms with E-state index in [0.717, 1.165) is 27.2 Å².